The van der Waals surface area contributed by atoms with E-state index in [-0.39, 0.29) is 19.0 Å². The van der Waals surface area contributed by atoms with Crippen LogP contribution in [0.1, 0.15) is 11.6 Å². The molecule has 0 saturated heterocycles. The number of urea groups is 1. The number of rotatable bonds is 6. The number of pyridine rings is 2. The molecule has 182 valence electrons. The van der Waals surface area contributed by atoms with Gasteiger partial charge in [0.25, 0.3) is 0 Å². The molecule has 0 spiro atoms. The van der Waals surface area contributed by atoms with E-state index in [2.05, 4.69) is 25.3 Å². The quantitative estimate of drug-likeness (QED) is 0.547. The second-order valence-corrected chi connectivity index (χ2v) is 7.52. The van der Waals surface area contributed by atoms with Crippen molar-refractivity contribution in [2.24, 2.45) is 0 Å². The Kier molecular flexibility index (Phi) is 6.82. The number of ether oxygens (including phenoxy) is 2. The average Bonchev–Trinajstić information content (AvgIpc) is 2.83. The van der Waals surface area contributed by atoms with Crippen molar-refractivity contribution in [2.45, 2.75) is 12.4 Å². The first-order chi connectivity index (χ1) is 16.7. The van der Waals surface area contributed by atoms with E-state index in [9.17, 15) is 22.8 Å². The molecule has 0 fully saturated rings. The van der Waals surface area contributed by atoms with E-state index < -0.39 is 30.1 Å². The number of amides is 3. The highest BCUT2D eigenvalue weighted by molar-refractivity contribution is 6.08. The molecule has 4 rings (SSSR count). The number of benzene rings is 1. The van der Waals surface area contributed by atoms with Gasteiger partial charge < -0.3 is 20.1 Å². The van der Waals surface area contributed by atoms with Crippen LogP contribution in [0, 0.1) is 0 Å². The summed E-state index contributed by atoms with van der Waals surface area (Å²) in [4.78, 5) is 35.3. The maximum atomic E-state index is 13.2. The number of nitrogens with one attached hydrogen (secondary N) is 2. The minimum atomic E-state index is -4.81. The van der Waals surface area contributed by atoms with Crippen LogP contribution in [0.2, 0.25) is 0 Å². The molecule has 3 heterocycles. The molecule has 3 amide bonds. The van der Waals surface area contributed by atoms with Gasteiger partial charge in [0.15, 0.2) is 5.82 Å². The number of carbonyl (C=O) groups is 2. The maximum absolute atomic E-state index is 13.2. The van der Waals surface area contributed by atoms with Crippen LogP contribution in [0.25, 0.3) is 11.3 Å². The Bertz CT molecular complexity index is 1210. The number of anilines is 2. The molecule has 0 saturated carbocycles. The second kappa shape index (κ2) is 9.97. The minimum absolute atomic E-state index is 0.0290. The van der Waals surface area contributed by atoms with E-state index in [0.717, 1.165) is 17.7 Å². The largest absolute Gasteiger partial charge is 0.573 e. The van der Waals surface area contributed by atoms with Crippen molar-refractivity contribution in [3.8, 4) is 17.0 Å². The van der Waals surface area contributed by atoms with Crippen LogP contribution in [-0.2, 0) is 9.53 Å². The highest BCUT2D eigenvalue weighted by Crippen LogP contribution is 2.31. The Morgan fingerprint density at radius 3 is 2.63 bits per heavy atom. The minimum Gasteiger partial charge on any atom is -0.406 e. The lowest BCUT2D eigenvalue weighted by atomic mass is 10.1. The average molecular weight is 487 g/mol. The highest BCUT2D eigenvalue weighted by Gasteiger charge is 2.32. The molecule has 35 heavy (non-hydrogen) atoms. The molecule has 1 aliphatic rings. The lowest BCUT2D eigenvalue weighted by molar-refractivity contribution is -0.274. The summed E-state index contributed by atoms with van der Waals surface area (Å²) in [6, 6.07) is 10.6. The van der Waals surface area contributed by atoms with Crippen molar-refractivity contribution in [2.75, 3.05) is 30.5 Å². The van der Waals surface area contributed by atoms with E-state index in [1.165, 1.54) is 24.1 Å². The molecule has 1 aliphatic heterocycles. The Hall–Kier alpha value is -4.19. The molecule has 1 aromatic carbocycles. The number of methoxy groups -OCH3 is 1. The Labute approximate surface area is 197 Å². The summed E-state index contributed by atoms with van der Waals surface area (Å²) < 4.78 is 46.4. The van der Waals surface area contributed by atoms with Crippen molar-refractivity contribution < 1.29 is 32.2 Å². The number of carbonyl (C=O) groups excluding carboxylic acids is 2. The lowest BCUT2D eigenvalue weighted by Gasteiger charge is -2.30. The van der Waals surface area contributed by atoms with E-state index in [0.29, 0.717) is 16.9 Å². The van der Waals surface area contributed by atoms with Gasteiger partial charge in [-0.25, -0.2) is 9.78 Å². The summed E-state index contributed by atoms with van der Waals surface area (Å²) in [6.07, 6.45) is -1.56. The molecule has 2 aromatic heterocycles. The van der Waals surface area contributed by atoms with Crippen LogP contribution in [0.4, 0.5) is 29.5 Å². The van der Waals surface area contributed by atoms with Gasteiger partial charge in [0.2, 0.25) is 5.91 Å². The molecule has 0 bridgehead atoms. The first kappa shape index (κ1) is 24.0. The smallest absolute Gasteiger partial charge is 0.406 e. The number of aromatic nitrogens is 2. The topological polar surface area (TPSA) is 106 Å². The zero-order chi connectivity index (χ0) is 25.0. The monoisotopic (exact) mass is 487 g/mol. The van der Waals surface area contributed by atoms with Crippen molar-refractivity contribution >= 4 is 23.4 Å². The van der Waals surface area contributed by atoms with Crippen LogP contribution < -0.4 is 20.3 Å². The van der Waals surface area contributed by atoms with Gasteiger partial charge in [-0.1, -0.05) is 12.1 Å². The van der Waals surface area contributed by atoms with Gasteiger partial charge in [0.05, 0.1) is 24.0 Å². The van der Waals surface area contributed by atoms with Crippen LogP contribution in [0.15, 0.2) is 60.9 Å². The lowest BCUT2D eigenvalue weighted by Crippen LogP contribution is -2.49. The van der Waals surface area contributed by atoms with Crippen molar-refractivity contribution in [1.29, 1.82) is 0 Å². The third-order valence-corrected chi connectivity index (χ3v) is 5.06. The highest BCUT2D eigenvalue weighted by atomic mass is 19.4. The van der Waals surface area contributed by atoms with E-state index in [1.807, 2.05) is 6.07 Å². The number of halogens is 3. The number of hydrogen-bond donors (Lipinski definition) is 2. The zero-order valence-corrected chi connectivity index (χ0v) is 18.4. The first-order valence-electron chi connectivity index (χ1n) is 10.4. The van der Waals surface area contributed by atoms with Crippen molar-refractivity contribution in [3.05, 3.63) is 66.5 Å². The van der Waals surface area contributed by atoms with Crippen LogP contribution >= 0.6 is 0 Å². The summed E-state index contributed by atoms with van der Waals surface area (Å²) in [7, 11) is 1.42. The predicted molar refractivity (Wildman–Crippen MR) is 120 cm³/mol. The molecule has 1 atom stereocenters. The standard InChI is InChI=1S/C23H20F3N5O4/c1-34-13-19(14-4-6-16(7-5-14)35-23(24,25)26)30-22(33)31-12-20(32)28-18-9-8-17(29-21(18)31)15-3-2-10-27-11-15/h2-11,19H,12-13H2,1H3,(H,28,32)(H,30,33). The van der Waals surface area contributed by atoms with Crippen LogP contribution in [0.5, 0.6) is 5.75 Å². The normalized spacial score (nSPS) is 14.1. The number of alkyl halides is 3. The molecule has 0 radical (unpaired) electrons. The molecule has 12 heteroatoms. The summed E-state index contributed by atoms with van der Waals surface area (Å²) in [5.41, 5.74) is 2.12. The summed E-state index contributed by atoms with van der Waals surface area (Å²) in [5, 5.41) is 5.45. The Morgan fingerprint density at radius 2 is 1.97 bits per heavy atom. The second-order valence-electron chi connectivity index (χ2n) is 7.52. The Morgan fingerprint density at radius 1 is 1.20 bits per heavy atom. The Balaban J connectivity index is 1.58. The van der Waals surface area contributed by atoms with Crippen molar-refractivity contribution in [1.82, 2.24) is 15.3 Å². The van der Waals surface area contributed by atoms with Gasteiger partial charge in [-0.2, -0.15) is 0 Å². The third kappa shape index (κ3) is 5.84. The summed E-state index contributed by atoms with van der Waals surface area (Å²) >= 11 is 0. The van der Waals surface area contributed by atoms with Crippen molar-refractivity contribution in [3.63, 3.8) is 0 Å². The molecular weight excluding hydrogens is 467 g/mol. The summed E-state index contributed by atoms with van der Waals surface area (Å²) in [5.74, 6) is -0.549. The third-order valence-electron chi connectivity index (χ3n) is 5.06. The first-order valence-corrected chi connectivity index (χ1v) is 10.4. The van der Waals surface area contributed by atoms with E-state index >= 15 is 0 Å². The summed E-state index contributed by atoms with van der Waals surface area (Å²) in [6.45, 7) is -0.248. The molecule has 2 N–H and O–H groups in total. The predicted octanol–water partition coefficient (Wildman–Crippen LogP) is 3.90. The van der Waals surface area contributed by atoms with Gasteiger partial charge in [0.1, 0.15) is 12.3 Å². The SMILES string of the molecule is COCC(NC(=O)N1CC(=O)Nc2ccc(-c3cccnc3)nc21)c1ccc(OC(F)(F)F)cc1. The fraction of sp³-hybridized carbons (Fsp3) is 0.217. The molecular formula is C23H20F3N5O4. The van der Waals surface area contributed by atoms with Gasteiger partial charge in [-0.3, -0.25) is 14.7 Å². The maximum Gasteiger partial charge on any atom is 0.573 e. The molecule has 9 nitrogen and oxygen atoms in total. The van der Waals surface area contributed by atoms with Crippen LogP contribution in [0.3, 0.4) is 0 Å². The van der Waals surface area contributed by atoms with Crippen LogP contribution in [-0.4, -0.2) is 48.5 Å². The van der Waals surface area contributed by atoms with E-state index in [1.54, 1.807) is 30.6 Å². The fourth-order valence-corrected chi connectivity index (χ4v) is 3.52. The van der Waals surface area contributed by atoms with Gasteiger partial charge in [-0.05, 0) is 42.0 Å². The molecule has 0 aliphatic carbocycles. The van der Waals surface area contributed by atoms with E-state index in [4.69, 9.17) is 4.74 Å². The van der Waals surface area contributed by atoms with Gasteiger partial charge >= 0.3 is 12.4 Å². The van der Waals surface area contributed by atoms with Gasteiger partial charge in [-0.15, -0.1) is 13.2 Å². The number of nitrogens with zero attached hydrogens (tertiary/aromatic N) is 3. The molecule has 3 aromatic rings. The number of fused-ring (bicyclic) bond motifs is 1. The molecule has 1 unspecified atom stereocenters. The fourth-order valence-electron chi connectivity index (χ4n) is 3.52. The van der Waals surface area contributed by atoms with Gasteiger partial charge in [0, 0.05) is 25.1 Å². The number of hydrogen-bond acceptors (Lipinski definition) is 6. The zero-order valence-electron chi connectivity index (χ0n) is 18.4.